The fraction of sp³-hybridized carbons (Fsp3) is 0.833. The molecule has 4 nitrogen and oxygen atoms in total. The van der Waals surface area contributed by atoms with Crippen molar-refractivity contribution in [2.24, 2.45) is 10.9 Å². The Morgan fingerprint density at radius 2 is 2.00 bits per heavy atom. The van der Waals surface area contributed by atoms with Gasteiger partial charge in [0.15, 0.2) is 5.84 Å². The third-order valence-electron chi connectivity index (χ3n) is 1.58. The third kappa shape index (κ3) is 3.55. The first kappa shape index (κ1) is 10.0. The minimum Gasteiger partial charge on any atom is -0.409 e. The molecule has 70 valence electrons. The van der Waals surface area contributed by atoms with E-state index in [9.17, 15) is 0 Å². The Morgan fingerprint density at radius 3 is 2.50 bits per heavy atom. The molecule has 1 rings (SSSR count). The molecule has 0 atom stereocenters. The highest BCUT2D eigenvalue weighted by Crippen LogP contribution is 2.23. The molecule has 1 heterocycles. The summed E-state index contributed by atoms with van der Waals surface area (Å²) in [5, 5.41) is 11.3. The molecule has 0 aromatic heterocycles. The molecular formula is C6H13N3OS2. The molecule has 0 aromatic carbocycles. The standard InChI is InChI=1S/C6H13N3OS2/c7-6(8-10)5-9-1-3-11-12-4-2-9/h10H,1-5H2,(H2,7,8). The van der Waals surface area contributed by atoms with Gasteiger partial charge in [-0.1, -0.05) is 26.7 Å². The van der Waals surface area contributed by atoms with Crippen molar-refractivity contribution >= 4 is 27.4 Å². The number of amidine groups is 1. The summed E-state index contributed by atoms with van der Waals surface area (Å²) in [6.07, 6.45) is 0. The zero-order valence-corrected chi connectivity index (χ0v) is 8.40. The zero-order valence-electron chi connectivity index (χ0n) is 6.77. The maximum Gasteiger partial charge on any atom is 0.153 e. The Labute approximate surface area is 79.9 Å². The summed E-state index contributed by atoms with van der Waals surface area (Å²) >= 11 is 0. The van der Waals surface area contributed by atoms with E-state index in [1.54, 1.807) is 0 Å². The fourth-order valence-electron chi connectivity index (χ4n) is 0.981. The normalized spacial score (nSPS) is 22.2. The van der Waals surface area contributed by atoms with Crippen LogP contribution in [0.15, 0.2) is 5.16 Å². The Kier molecular flexibility index (Phi) is 4.63. The molecule has 0 aromatic rings. The highest BCUT2D eigenvalue weighted by molar-refractivity contribution is 8.76. The van der Waals surface area contributed by atoms with Crippen molar-refractivity contribution in [3.63, 3.8) is 0 Å². The molecule has 0 radical (unpaired) electrons. The third-order valence-corrected chi connectivity index (χ3v) is 3.94. The van der Waals surface area contributed by atoms with Gasteiger partial charge in [-0.2, -0.15) is 0 Å². The first-order valence-corrected chi connectivity index (χ1v) is 6.25. The summed E-state index contributed by atoms with van der Waals surface area (Å²) in [4.78, 5) is 2.20. The van der Waals surface area contributed by atoms with Gasteiger partial charge in [-0.3, -0.25) is 4.90 Å². The molecule has 6 heteroatoms. The molecule has 1 saturated heterocycles. The molecule has 12 heavy (non-hydrogen) atoms. The van der Waals surface area contributed by atoms with E-state index >= 15 is 0 Å². The van der Waals surface area contributed by atoms with Crippen LogP contribution < -0.4 is 5.73 Å². The van der Waals surface area contributed by atoms with Gasteiger partial charge in [-0.05, 0) is 0 Å². The van der Waals surface area contributed by atoms with Crippen molar-refractivity contribution < 1.29 is 5.21 Å². The van der Waals surface area contributed by atoms with E-state index in [1.165, 1.54) is 0 Å². The van der Waals surface area contributed by atoms with Gasteiger partial charge in [0, 0.05) is 24.6 Å². The number of rotatable bonds is 2. The van der Waals surface area contributed by atoms with Crippen LogP contribution in [0.3, 0.4) is 0 Å². The first-order valence-electron chi connectivity index (χ1n) is 3.76. The lowest BCUT2D eigenvalue weighted by atomic mass is 10.4. The van der Waals surface area contributed by atoms with Gasteiger partial charge in [0.25, 0.3) is 0 Å². The van der Waals surface area contributed by atoms with Crippen LogP contribution in [0.2, 0.25) is 0 Å². The summed E-state index contributed by atoms with van der Waals surface area (Å²) in [5.41, 5.74) is 5.40. The minimum absolute atomic E-state index is 0.298. The maximum absolute atomic E-state index is 8.36. The van der Waals surface area contributed by atoms with Crippen molar-refractivity contribution in [2.75, 3.05) is 31.1 Å². The van der Waals surface area contributed by atoms with Gasteiger partial charge in [0.05, 0.1) is 6.54 Å². The summed E-state index contributed by atoms with van der Waals surface area (Å²) in [5.74, 6) is 2.53. The van der Waals surface area contributed by atoms with E-state index in [1.807, 2.05) is 21.6 Å². The average Bonchev–Trinajstić information content (AvgIpc) is 2.33. The molecule has 1 fully saturated rings. The van der Waals surface area contributed by atoms with Crippen LogP contribution in [0.4, 0.5) is 0 Å². The Morgan fingerprint density at radius 1 is 1.42 bits per heavy atom. The van der Waals surface area contributed by atoms with Crippen molar-refractivity contribution in [3.05, 3.63) is 0 Å². The fourth-order valence-corrected chi connectivity index (χ4v) is 3.04. The minimum atomic E-state index is 0.298. The van der Waals surface area contributed by atoms with Gasteiger partial charge >= 0.3 is 0 Å². The second kappa shape index (κ2) is 5.55. The highest BCUT2D eigenvalue weighted by Gasteiger charge is 2.10. The lowest BCUT2D eigenvalue weighted by molar-refractivity contribution is 0.305. The highest BCUT2D eigenvalue weighted by atomic mass is 33.1. The van der Waals surface area contributed by atoms with Crippen molar-refractivity contribution in [1.29, 1.82) is 0 Å². The van der Waals surface area contributed by atoms with E-state index in [-0.39, 0.29) is 0 Å². The number of nitrogens with two attached hydrogens (primary N) is 1. The summed E-state index contributed by atoms with van der Waals surface area (Å²) in [7, 11) is 3.77. The van der Waals surface area contributed by atoms with E-state index in [2.05, 4.69) is 10.1 Å². The first-order chi connectivity index (χ1) is 5.83. The van der Waals surface area contributed by atoms with Crippen LogP contribution in [-0.2, 0) is 0 Å². The summed E-state index contributed by atoms with van der Waals surface area (Å²) in [6, 6.07) is 0. The molecule has 1 aliphatic heterocycles. The lowest BCUT2D eigenvalue weighted by Gasteiger charge is -2.17. The Bertz CT molecular complexity index is 157. The molecule has 0 unspecified atom stereocenters. The topological polar surface area (TPSA) is 61.8 Å². The van der Waals surface area contributed by atoms with Crippen molar-refractivity contribution in [3.8, 4) is 0 Å². The van der Waals surface area contributed by atoms with E-state index in [0.717, 1.165) is 24.6 Å². The summed E-state index contributed by atoms with van der Waals surface area (Å²) < 4.78 is 0. The number of hydrogen-bond donors (Lipinski definition) is 2. The van der Waals surface area contributed by atoms with Crippen molar-refractivity contribution in [2.45, 2.75) is 0 Å². The predicted octanol–water partition coefficient (Wildman–Crippen LogP) is 0.430. The smallest absolute Gasteiger partial charge is 0.153 e. The quantitative estimate of drug-likeness (QED) is 0.226. The number of oxime groups is 1. The molecule has 0 aliphatic carbocycles. The van der Waals surface area contributed by atoms with Gasteiger partial charge < -0.3 is 10.9 Å². The second-order valence-corrected chi connectivity index (χ2v) is 5.21. The van der Waals surface area contributed by atoms with Crippen LogP contribution in [0, 0.1) is 0 Å². The largest absolute Gasteiger partial charge is 0.409 e. The molecule has 0 amide bonds. The van der Waals surface area contributed by atoms with Crippen LogP contribution in [0.25, 0.3) is 0 Å². The maximum atomic E-state index is 8.36. The van der Waals surface area contributed by atoms with Crippen LogP contribution >= 0.6 is 21.6 Å². The van der Waals surface area contributed by atoms with Crippen LogP contribution in [0.1, 0.15) is 0 Å². The van der Waals surface area contributed by atoms with E-state index in [4.69, 9.17) is 10.9 Å². The number of nitrogens with zero attached hydrogens (tertiary/aromatic N) is 2. The van der Waals surface area contributed by atoms with Crippen LogP contribution in [0.5, 0.6) is 0 Å². The Balaban J connectivity index is 2.29. The zero-order chi connectivity index (χ0) is 8.81. The molecule has 0 bridgehead atoms. The van der Waals surface area contributed by atoms with E-state index in [0.29, 0.717) is 12.4 Å². The van der Waals surface area contributed by atoms with Gasteiger partial charge in [-0.15, -0.1) is 0 Å². The molecule has 3 N–H and O–H groups in total. The van der Waals surface area contributed by atoms with Crippen LogP contribution in [-0.4, -0.2) is 47.1 Å². The lowest BCUT2D eigenvalue weighted by Crippen LogP contribution is -2.36. The summed E-state index contributed by atoms with van der Waals surface area (Å²) in [6.45, 7) is 2.62. The van der Waals surface area contributed by atoms with Gasteiger partial charge in [0.1, 0.15) is 0 Å². The monoisotopic (exact) mass is 207 g/mol. The molecule has 1 aliphatic rings. The second-order valence-electron chi connectivity index (χ2n) is 2.51. The molecule has 0 saturated carbocycles. The Hall–Kier alpha value is -0.0700. The predicted molar refractivity (Wildman–Crippen MR) is 54.8 cm³/mol. The molecule has 0 spiro atoms. The van der Waals surface area contributed by atoms with Crippen molar-refractivity contribution in [1.82, 2.24) is 4.90 Å². The van der Waals surface area contributed by atoms with Gasteiger partial charge in [-0.25, -0.2) is 0 Å². The SMILES string of the molecule is N/C(CN1CCSSCC1)=N\O. The van der Waals surface area contributed by atoms with Gasteiger partial charge in [0.2, 0.25) is 0 Å². The number of hydrogen-bond acceptors (Lipinski definition) is 5. The average molecular weight is 207 g/mol. The molecular weight excluding hydrogens is 194 g/mol. The van der Waals surface area contributed by atoms with E-state index < -0.39 is 0 Å².